The molecule has 10 nitrogen and oxygen atoms in total. The predicted molar refractivity (Wildman–Crippen MR) is 120 cm³/mol. The van der Waals surface area contributed by atoms with Gasteiger partial charge in [-0.1, -0.05) is 11.2 Å². The van der Waals surface area contributed by atoms with Crippen LogP contribution in [-0.2, 0) is 21.7 Å². The lowest BCUT2D eigenvalue weighted by atomic mass is 10.0. The molecule has 0 spiro atoms. The Morgan fingerprint density at radius 1 is 1.41 bits per heavy atom. The molecule has 2 fully saturated rings. The van der Waals surface area contributed by atoms with Gasteiger partial charge in [0.25, 0.3) is 0 Å². The third-order valence-electron chi connectivity index (χ3n) is 6.14. The van der Waals surface area contributed by atoms with E-state index < -0.39 is 11.2 Å². The SMILES string of the molecule is C[S+]([O-])Cc1cc2c(Nc3cc(C4CCC(OC(=O)NC5(C)CC5)C4)[nH]n3)nccn2n1. The third kappa shape index (κ3) is 4.68. The highest BCUT2D eigenvalue weighted by molar-refractivity contribution is 7.89. The van der Waals surface area contributed by atoms with Gasteiger partial charge in [0.1, 0.15) is 23.1 Å². The molecule has 0 aliphatic heterocycles. The smallest absolute Gasteiger partial charge is 0.407 e. The van der Waals surface area contributed by atoms with Gasteiger partial charge in [-0.2, -0.15) is 10.2 Å². The first-order chi connectivity index (χ1) is 15.4. The molecular weight excluding hydrogens is 430 g/mol. The molecule has 1 amide bonds. The Morgan fingerprint density at radius 3 is 3.03 bits per heavy atom. The fourth-order valence-electron chi connectivity index (χ4n) is 4.15. The Kier molecular flexibility index (Phi) is 5.46. The summed E-state index contributed by atoms with van der Waals surface area (Å²) >= 11 is -0.964. The van der Waals surface area contributed by atoms with E-state index in [-0.39, 0.29) is 23.7 Å². The van der Waals surface area contributed by atoms with Crippen LogP contribution >= 0.6 is 0 Å². The van der Waals surface area contributed by atoms with Crippen LogP contribution in [0.3, 0.4) is 0 Å². The number of nitrogens with zero attached hydrogens (tertiary/aromatic N) is 4. The van der Waals surface area contributed by atoms with Crippen LogP contribution in [0.1, 0.15) is 56.3 Å². The van der Waals surface area contributed by atoms with Crippen LogP contribution in [0.4, 0.5) is 16.4 Å². The standard InChI is InChI=1S/C21H27N7O3S/c1-21(5-6-21)24-20(29)31-15-4-3-13(9-15)16-11-18(26-25-16)23-19-17-10-14(12-32(2)30)27-28(17)8-7-22-19/h7-8,10-11,13,15H,3-6,9,12H2,1-2H3,(H,24,29)(H2,22,23,25,26). The van der Waals surface area contributed by atoms with E-state index in [0.717, 1.165) is 49.0 Å². The molecular formula is C21H27N7O3S. The van der Waals surface area contributed by atoms with E-state index in [0.29, 0.717) is 17.4 Å². The molecule has 3 atom stereocenters. The van der Waals surface area contributed by atoms with Gasteiger partial charge >= 0.3 is 6.09 Å². The quantitative estimate of drug-likeness (QED) is 0.465. The number of aromatic nitrogens is 5. The fourth-order valence-corrected chi connectivity index (χ4v) is 4.71. The summed E-state index contributed by atoms with van der Waals surface area (Å²) in [6.45, 7) is 2.04. The average Bonchev–Trinajstić information content (AvgIpc) is 3.14. The predicted octanol–water partition coefficient (Wildman–Crippen LogP) is 2.99. The summed E-state index contributed by atoms with van der Waals surface area (Å²) in [6.07, 6.45) is 9.28. The second-order valence-corrected chi connectivity index (χ2v) is 10.5. The van der Waals surface area contributed by atoms with Crippen molar-refractivity contribution in [2.45, 2.75) is 62.3 Å². The molecule has 2 saturated carbocycles. The number of fused-ring (bicyclic) bond motifs is 1. The minimum absolute atomic E-state index is 0.0696. The van der Waals surface area contributed by atoms with Gasteiger partial charge in [-0.3, -0.25) is 5.10 Å². The summed E-state index contributed by atoms with van der Waals surface area (Å²) in [5.74, 6) is 1.95. The first-order valence-corrected chi connectivity index (χ1v) is 12.5. The Morgan fingerprint density at radius 2 is 2.25 bits per heavy atom. The zero-order chi connectivity index (χ0) is 22.3. The van der Waals surface area contributed by atoms with Crippen LogP contribution in [-0.4, -0.2) is 53.3 Å². The molecule has 5 rings (SSSR count). The first kappa shape index (κ1) is 21.1. The molecule has 0 radical (unpaired) electrons. The van der Waals surface area contributed by atoms with Crippen molar-refractivity contribution in [3.63, 3.8) is 0 Å². The highest BCUT2D eigenvalue weighted by Crippen LogP contribution is 2.37. The summed E-state index contributed by atoms with van der Waals surface area (Å²) in [7, 11) is 0. The molecule has 0 aromatic carbocycles. The molecule has 3 aromatic rings. The van der Waals surface area contributed by atoms with Gasteiger partial charge in [0.05, 0.1) is 6.26 Å². The van der Waals surface area contributed by atoms with Crippen LogP contribution in [0.15, 0.2) is 24.5 Å². The number of hydrogen-bond acceptors (Lipinski definition) is 7. The summed E-state index contributed by atoms with van der Waals surface area (Å²) in [5.41, 5.74) is 2.49. The van der Waals surface area contributed by atoms with E-state index in [9.17, 15) is 9.35 Å². The van der Waals surface area contributed by atoms with Crippen molar-refractivity contribution in [1.29, 1.82) is 0 Å². The molecule has 3 aromatic heterocycles. The van der Waals surface area contributed by atoms with Crippen LogP contribution in [0.2, 0.25) is 0 Å². The molecule has 2 aliphatic rings. The maximum Gasteiger partial charge on any atom is 0.407 e. The lowest BCUT2D eigenvalue weighted by molar-refractivity contribution is 0.0967. The van der Waals surface area contributed by atoms with Gasteiger partial charge in [-0.25, -0.2) is 14.3 Å². The molecule has 170 valence electrons. The van der Waals surface area contributed by atoms with Crippen LogP contribution in [0, 0.1) is 0 Å². The monoisotopic (exact) mass is 457 g/mol. The van der Waals surface area contributed by atoms with Gasteiger partial charge in [0.2, 0.25) is 0 Å². The van der Waals surface area contributed by atoms with E-state index in [2.05, 4.69) is 30.9 Å². The largest absolute Gasteiger partial charge is 0.616 e. The van der Waals surface area contributed by atoms with Gasteiger partial charge in [-0.05, 0) is 45.1 Å². The molecule has 2 aliphatic carbocycles. The second kappa shape index (κ2) is 8.28. The normalized spacial score (nSPS) is 22.6. The topological polar surface area (TPSA) is 132 Å². The van der Waals surface area contributed by atoms with Crippen LogP contribution in [0.25, 0.3) is 5.52 Å². The Labute approximate surface area is 188 Å². The number of carbonyl (C=O) groups excluding carboxylic acids is 1. The number of rotatable bonds is 7. The number of nitrogens with one attached hydrogen (secondary N) is 3. The number of ether oxygens (including phenoxy) is 1. The molecule has 11 heteroatoms. The number of anilines is 2. The zero-order valence-electron chi connectivity index (χ0n) is 18.1. The average molecular weight is 458 g/mol. The summed E-state index contributed by atoms with van der Waals surface area (Å²) in [5, 5.41) is 18.1. The molecule has 3 heterocycles. The van der Waals surface area contributed by atoms with E-state index >= 15 is 0 Å². The summed E-state index contributed by atoms with van der Waals surface area (Å²) in [4.78, 5) is 16.5. The minimum atomic E-state index is -0.964. The Hall–Kier alpha value is -2.79. The first-order valence-electron chi connectivity index (χ1n) is 10.8. The van der Waals surface area contributed by atoms with Gasteiger partial charge in [0.15, 0.2) is 11.6 Å². The van der Waals surface area contributed by atoms with Crippen molar-refractivity contribution in [1.82, 2.24) is 30.1 Å². The second-order valence-electron chi connectivity index (χ2n) is 9.02. The van der Waals surface area contributed by atoms with Crippen molar-refractivity contribution in [3.05, 3.63) is 35.9 Å². The molecule has 0 bridgehead atoms. The minimum Gasteiger partial charge on any atom is -0.616 e. The van der Waals surface area contributed by atoms with Gasteiger partial charge in [0, 0.05) is 35.6 Å². The maximum atomic E-state index is 12.1. The van der Waals surface area contributed by atoms with Crippen molar-refractivity contribution >= 4 is 34.4 Å². The Bertz CT molecular complexity index is 1120. The van der Waals surface area contributed by atoms with Crippen molar-refractivity contribution in [2.24, 2.45) is 0 Å². The van der Waals surface area contributed by atoms with Gasteiger partial charge in [-0.15, -0.1) is 0 Å². The molecule has 3 unspecified atom stereocenters. The highest BCUT2D eigenvalue weighted by Gasteiger charge is 2.40. The number of amides is 1. The number of carbonyl (C=O) groups is 1. The zero-order valence-corrected chi connectivity index (χ0v) is 18.9. The van der Waals surface area contributed by atoms with E-state index in [1.807, 2.05) is 19.1 Å². The van der Waals surface area contributed by atoms with Crippen molar-refractivity contribution < 1.29 is 14.1 Å². The Balaban J connectivity index is 1.22. The number of H-pyrrole nitrogens is 1. The number of alkyl carbamates (subject to hydrolysis) is 1. The lowest BCUT2D eigenvalue weighted by Gasteiger charge is -2.16. The fraction of sp³-hybridized carbons (Fsp3) is 0.524. The van der Waals surface area contributed by atoms with Crippen LogP contribution < -0.4 is 10.6 Å². The molecule has 3 N–H and O–H groups in total. The van der Waals surface area contributed by atoms with Crippen LogP contribution in [0.5, 0.6) is 0 Å². The number of hydrogen-bond donors (Lipinski definition) is 3. The van der Waals surface area contributed by atoms with E-state index in [1.165, 1.54) is 0 Å². The molecule has 0 saturated heterocycles. The van der Waals surface area contributed by atoms with Crippen molar-refractivity contribution in [3.8, 4) is 0 Å². The number of aromatic amines is 1. The van der Waals surface area contributed by atoms with Gasteiger partial charge < -0.3 is 19.9 Å². The van der Waals surface area contributed by atoms with Crippen molar-refractivity contribution in [2.75, 3.05) is 11.6 Å². The molecule has 32 heavy (non-hydrogen) atoms. The summed E-state index contributed by atoms with van der Waals surface area (Å²) in [6, 6.07) is 3.86. The maximum absolute atomic E-state index is 12.1. The third-order valence-corrected chi connectivity index (χ3v) is 6.84. The summed E-state index contributed by atoms with van der Waals surface area (Å²) < 4.78 is 18.9. The lowest BCUT2D eigenvalue weighted by Crippen LogP contribution is -2.36. The highest BCUT2D eigenvalue weighted by atomic mass is 32.2. The van der Waals surface area contributed by atoms with E-state index in [1.54, 1.807) is 23.2 Å². The van der Waals surface area contributed by atoms with E-state index in [4.69, 9.17) is 4.74 Å².